The molecule has 0 aromatic heterocycles. The highest BCUT2D eigenvalue weighted by Gasteiger charge is 2.48. The first-order chi connectivity index (χ1) is 10.5. The lowest BCUT2D eigenvalue weighted by molar-refractivity contribution is -0.133. The lowest BCUT2D eigenvalue weighted by Gasteiger charge is -2.24. The van der Waals surface area contributed by atoms with Gasteiger partial charge in [-0.3, -0.25) is 9.59 Å². The zero-order valence-electron chi connectivity index (χ0n) is 12.8. The number of hydrogen-bond acceptors (Lipinski definition) is 3. The molecule has 2 amide bonds. The second kappa shape index (κ2) is 6.84. The van der Waals surface area contributed by atoms with Crippen LogP contribution in [0.25, 0.3) is 0 Å². The summed E-state index contributed by atoms with van der Waals surface area (Å²) in [7, 11) is 0. The fraction of sp³-hybridized carbons (Fsp3) is 0.500. The van der Waals surface area contributed by atoms with Crippen molar-refractivity contribution in [3.63, 3.8) is 0 Å². The summed E-state index contributed by atoms with van der Waals surface area (Å²) < 4.78 is 12.9. The van der Waals surface area contributed by atoms with E-state index in [1.165, 1.54) is 24.3 Å². The van der Waals surface area contributed by atoms with Gasteiger partial charge in [-0.1, -0.05) is 0 Å². The Kier molecular flexibility index (Phi) is 5.26. The molecule has 1 saturated carbocycles. The smallest absolute Gasteiger partial charge is 0.253 e. The summed E-state index contributed by atoms with van der Waals surface area (Å²) in [6.07, 6.45) is 2.23. The zero-order chi connectivity index (χ0) is 15.7. The summed E-state index contributed by atoms with van der Waals surface area (Å²) in [6.45, 7) is 2.21. The molecule has 1 saturated heterocycles. The molecule has 1 aromatic rings. The fourth-order valence-electron chi connectivity index (χ4n) is 2.76. The van der Waals surface area contributed by atoms with Crippen LogP contribution in [0.15, 0.2) is 24.3 Å². The molecule has 1 aliphatic carbocycles. The van der Waals surface area contributed by atoms with Gasteiger partial charge in [-0.2, -0.15) is 0 Å². The monoisotopic (exact) mass is 341 g/mol. The van der Waals surface area contributed by atoms with Gasteiger partial charge in [-0.15, -0.1) is 12.4 Å². The van der Waals surface area contributed by atoms with Gasteiger partial charge >= 0.3 is 0 Å². The minimum atomic E-state index is -0.657. The van der Waals surface area contributed by atoms with E-state index in [1.54, 1.807) is 9.80 Å². The van der Waals surface area contributed by atoms with Crippen molar-refractivity contribution in [1.29, 1.82) is 0 Å². The summed E-state index contributed by atoms with van der Waals surface area (Å²) in [4.78, 5) is 28.2. The van der Waals surface area contributed by atoms with Crippen molar-refractivity contribution >= 4 is 24.2 Å². The topological polar surface area (TPSA) is 66.6 Å². The van der Waals surface area contributed by atoms with Crippen LogP contribution in [-0.2, 0) is 4.79 Å². The van der Waals surface area contributed by atoms with Crippen LogP contribution in [0.2, 0.25) is 0 Å². The lowest BCUT2D eigenvalue weighted by Crippen LogP contribution is -2.47. The van der Waals surface area contributed by atoms with E-state index in [-0.39, 0.29) is 30.0 Å². The number of hydrogen-bond donors (Lipinski definition) is 1. The Morgan fingerprint density at radius 2 is 1.57 bits per heavy atom. The van der Waals surface area contributed by atoms with Crippen molar-refractivity contribution in [3.8, 4) is 0 Å². The molecule has 1 aromatic carbocycles. The Morgan fingerprint density at radius 1 is 1.00 bits per heavy atom. The molecule has 0 spiro atoms. The Labute approximate surface area is 141 Å². The van der Waals surface area contributed by atoms with Gasteiger partial charge in [-0.05, 0) is 43.5 Å². The van der Waals surface area contributed by atoms with Crippen molar-refractivity contribution in [2.75, 3.05) is 26.2 Å². The van der Waals surface area contributed by atoms with Gasteiger partial charge in [0, 0.05) is 31.7 Å². The van der Waals surface area contributed by atoms with Gasteiger partial charge in [0.1, 0.15) is 5.82 Å². The number of halogens is 2. The Morgan fingerprint density at radius 3 is 2.17 bits per heavy atom. The molecule has 0 bridgehead atoms. The van der Waals surface area contributed by atoms with Crippen LogP contribution in [0.1, 0.15) is 29.6 Å². The van der Waals surface area contributed by atoms with E-state index in [1.807, 2.05) is 0 Å². The number of rotatable bonds is 2. The van der Waals surface area contributed by atoms with Gasteiger partial charge < -0.3 is 15.5 Å². The third-order valence-corrected chi connectivity index (χ3v) is 4.38. The van der Waals surface area contributed by atoms with Crippen LogP contribution in [0, 0.1) is 5.82 Å². The quantitative estimate of drug-likeness (QED) is 0.884. The van der Waals surface area contributed by atoms with Gasteiger partial charge in [-0.25, -0.2) is 4.39 Å². The van der Waals surface area contributed by atoms with Crippen LogP contribution in [0.4, 0.5) is 4.39 Å². The van der Waals surface area contributed by atoms with Crippen molar-refractivity contribution in [3.05, 3.63) is 35.6 Å². The number of nitrogens with zero attached hydrogens (tertiary/aromatic N) is 2. The van der Waals surface area contributed by atoms with Gasteiger partial charge in [0.05, 0.1) is 5.54 Å². The van der Waals surface area contributed by atoms with E-state index < -0.39 is 5.54 Å². The number of nitrogens with two attached hydrogens (primary N) is 1. The molecule has 2 aliphatic rings. The number of amides is 2. The van der Waals surface area contributed by atoms with E-state index in [0.717, 1.165) is 19.3 Å². The summed E-state index contributed by atoms with van der Waals surface area (Å²) in [5.41, 5.74) is 5.78. The van der Waals surface area contributed by atoms with Crippen molar-refractivity contribution < 1.29 is 14.0 Å². The van der Waals surface area contributed by atoms with Crippen LogP contribution >= 0.6 is 12.4 Å². The average molecular weight is 342 g/mol. The second-order valence-electron chi connectivity index (χ2n) is 6.10. The standard InChI is InChI=1S/C16H20FN3O2.ClH/c17-13-4-2-12(3-5-13)14(21)19-8-1-9-20(11-10-19)15(22)16(18)6-7-16;/h2-5H,1,6-11,18H2;1H. The van der Waals surface area contributed by atoms with Crippen LogP contribution in [0.5, 0.6) is 0 Å². The molecule has 3 rings (SSSR count). The molecule has 126 valence electrons. The van der Waals surface area contributed by atoms with Gasteiger partial charge in [0.25, 0.3) is 5.91 Å². The highest BCUT2D eigenvalue weighted by atomic mass is 35.5. The maximum Gasteiger partial charge on any atom is 0.253 e. The molecule has 2 N–H and O–H groups in total. The Balaban J connectivity index is 0.00000192. The van der Waals surface area contributed by atoms with E-state index in [0.29, 0.717) is 31.7 Å². The normalized spacial score (nSPS) is 19.6. The Hall–Kier alpha value is -1.66. The minimum Gasteiger partial charge on any atom is -0.339 e. The highest BCUT2D eigenvalue weighted by Crippen LogP contribution is 2.34. The largest absolute Gasteiger partial charge is 0.339 e. The summed E-state index contributed by atoms with van der Waals surface area (Å²) in [5, 5.41) is 0. The molecule has 0 atom stereocenters. The predicted molar refractivity (Wildman–Crippen MR) is 86.9 cm³/mol. The molecule has 7 heteroatoms. The van der Waals surface area contributed by atoms with E-state index in [9.17, 15) is 14.0 Å². The number of carbonyl (C=O) groups is 2. The van der Waals surface area contributed by atoms with Crippen LogP contribution in [0.3, 0.4) is 0 Å². The summed E-state index contributed by atoms with van der Waals surface area (Å²) in [5.74, 6) is -0.478. The first-order valence-electron chi connectivity index (χ1n) is 7.63. The molecule has 23 heavy (non-hydrogen) atoms. The second-order valence-corrected chi connectivity index (χ2v) is 6.10. The van der Waals surface area contributed by atoms with Gasteiger partial charge in [0.15, 0.2) is 0 Å². The summed E-state index contributed by atoms with van der Waals surface area (Å²) in [6, 6.07) is 5.55. The van der Waals surface area contributed by atoms with Crippen molar-refractivity contribution in [2.45, 2.75) is 24.8 Å². The first kappa shape index (κ1) is 17.7. The van der Waals surface area contributed by atoms with Gasteiger partial charge in [0.2, 0.25) is 5.91 Å². The molecule has 1 heterocycles. The first-order valence-corrected chi connectivity index (χ1v) is 7.63. The summed E-state index contributed by atoms with van der Waals surface area (Å²) >= 11 is 0. The SMILES string of the molecule is Cl.NC1(C(=O)N2CCCN(C(=O)c3ccc(F)cc3)CC2)CC1. The van der Waals surface area contributed by atoms with E-state index in [4.69, 9.17) is 5.73 Å². The molecule has 2 fully saturated rings. The molecule has 1 aliphatic heterocycles. The highest BCUT2D eigenvalue weighted by molar-refractivity contribution is 5.94. The average Bonchev–Trinajstić information content (AvgIpc) is 3.30. The lowest BCUT2D eigenvalue weighted by atomic mass is 10.2. The third-order valence-electron chi connectivity index (χ3n) is 4.38. The maximum atomic E-state index is 12.9. The maximum absolute atomic E-state index is 12.9. The van der Waals surface area contributed by atoms with Crippen molar-refractivity contribution in [1.82, 2.24) is 9.80 Å². The van der Waals surface area contributed by atoms with Crippen LogP contribution in [-0.4, -0.2) is 53.3 Å². The van der Waals surface area contributed by atoms with Crippen LogP contribution < -0.4 is 5.73 Å². The molecule has 0 unspecified atom stereocenters. The number of benzene rings is 1. The Bertz CT molecular complexity index is 589. The zero-order valence-corrected chi connectivity index (χ0v) is 13.7. The van der Waals surface area contributed by atoms with E-state index in [2.05, 4.69) is 0 Å². The number of carbonyl (C=O) groups excluding carboxylic acids is 2. The molecular weight excluding hydrogens is 321 g/mol. The molecular formula is C16H21ClFN3O2. The molecule has 0 radical (unpaired) electrons. The third kappa shape index (κ3) is 3.82. The predicted octanol–water partition coefficient (Wildman–Crippen LogP) is 1.41. The molecule has 5 nitrogen and oxygen atoms in total. The minimum absolute atomic E-state index is 0. The van der Waals surface area contributed by atoms with Crippen molar-refractivity contribution in [2.24, 2.45) is 5.73 Å². The fourth-order valence-corrected chi connectivity index (χ4v) is 2.76. The van der Waals surface area contributed by atoms with E-state index >= 15 is 0 Å².